The van der Waals surface area contributed by atoms with E-state index in [1.54, 1.807) is 18.2 Å². The summed E-state index contributed by atoms with van der Waals surface area (Å²) in [6, 6.07) is 7.13. The van der Waals surface area contributed by atoms with Crippen LogP contribution in [0.1, 0.15) is 0 Å². The third kappa shape index (κ3) is 1.65. The van der Waals surface area contributed by atoms with Crippen molar-refractivity contribution in [1.29, 1.82) is 0 Å². The summed E-state index contributed by atoms with van der Waals surface area (Å²) in [4.78, 5) is 0. The molecule has 2 rings (SSSR count). The normalized spacial score (nSPS) is 21.7. The van der Waals surface area contributed by atoms with E-state index in [2.05, 4.69) is 0 Å². The highest BCUT2D eigenvalue weighted by molar-refractivity contribution is 5.40. The molecule has 0 aliphatic carbocycles. The second kappa shape index (κ2) is 3.84. The van der Waals surface area contributed by atoms with Crippen LogP contribution in [0, 0.1) is 0 Å². The van der Waals surface area contributed by atoms with Crippen LogP contribution in [0.4, 0.5) is 4.39 Å². The Kier molecular flexibility index (Phi) is 2.54. The van der Waals surface area contributed by atoms with Crippen LogP contribution in [-0.2, 0) is 0 Å². The van der Waals surface area contributed by atoms with Crippen LogP contribution in [0.25, 0.3) is 0 Å². The summed E-state index contributed by atoms with van der Waals surface area (Å²) in [5.41, 5.74) is 0. The average Bonchev–Trinajstić information content (AvgIpc) is 2.27. The van der Waals surface area contributed by atoms with Gasteiger partial charge in [0.1, 0.15) is 19.4 Å². The molecule has 0 saturated carbocycles. The summed E-state index contributed by atoms with van der Waals surface area (Å²) in [6.45, 7) is -0.641. The summed E-state index contributed by atoms with van der Waals surface area (Å²) in [6.07, 6.45) is -1.74. The van der Waals surface area contributed by atoms with E-state index >= 15 is 0 Å². The van der Waals surface area contributed by atoms with Crippen molar-refractivity contribution < 1.29 is 19.0 Å². The molecule has 0 amide bonds. The molecule has 0 bridgehead atoms. The Hall–Kier alpha value is -1.29. The number of fused-ring (bicyclic) bond motifs is 1. The number of aliphatic hydroxyl groups is 1. The molecular formula is C10H11FO3. The molecule has 0 aromatic heterocycles. The van der Waals surface area contributed by atoms with Gasteiger partial charge < -0.3 is 14.6 Å². The average molecular weight is 198 g/mol. The van der Waals surface area contributed by atoms with Crippen molar-refractivity contribution in [3.05, 3.63) is 24.3 Å². The van der Waals surface area contributed by atoms with Crippen molar-refractivity contribution in [2.75, 3.05) is 13.3 Å². The molecule has 0 saturated heterocycles. The summed E-state index contributed by atoms with van der Waals surface area (Å²) in [5.74, 6) is 1.19. The van der Waals surface area contributed by atoms with Crippen LogP contribution in [0.5, 0.6) is 11.5 Å². The molecule has 2 unspecified atom stereocenters. The van der Waals surface area contributed by atoms with Crippen LogP contribution >= 0.6 is 0 Å². The quantitative estimate of drug-likeness (QED) is 0.774. The molecule has 14 heavy (non-hydrogen) atoms. The Morgan fingerprint density at radius 2 is 2.14 bits per heavy atom. The number of aliphatic hydroxyl groups excluding tert-OH is 1. The zero-order chi connectivity index (χ0) is 9.97. The number of para-hydroxylation sites is 2. The van der Waals surface area contributed by atoms with Gasteiger partial charge in [-0.2, -0.15) is 0 Å². The molecule has 1 aliphatic rings. The maximum atomic E-state index is 12.2. The SMILES string of the molecule is OC(CF)C1COc2ccccc2O1. The number of hydrogen-bond donors (Lipinski definition) is 1. The molecule has 1 aromatic carbocycles. The van der Waals surface area contributed by atoms with E-state index in [-0.39, 0.29) is 6.61 Å². The molecule has 76 valence electrons. The molecule has 4 heteroatoms. The first kappa shape index (κ1) is 9.27. The summed E-state index contributed by atoms with van der Waals surface area (Å²) >= 11 is 0. The van der Waals surface area contributed by atoms with Gasteiger partial charge >= 0.3 is 0 Å². The van der Waals surface area contributed by atoms with Crippen LogP contribution < -0.4 is 9.47 Å². The maximum absolute atomic E-state index is 12.2. The van der Waals surface area contributed by atoms with E-state index in [4.69, 9.17) is 9.47 Å². The second-order valence-corrected chi connectivity index (χ2v) is 3.14. The lowest BCUT2D eigenvalue weighted by Crippen LogP contribution is -2.40. The van der Waals surface area contributed by atoms with Crippen LogP contribution in [-0.4, -0.2) is 30.6 Å². The van der Waals surface area contributed by atoms with Gasteiger partial charge in [0.25, 0.3) is 0 Å². The van der Waals surface area contributed by atoms with Crippen molar-refractivity contribution in [2.45, 2.75) is 12.2 Å². The first-order valence-electron chi connectivity index (χ1n) is 4.44. The van der Waals surface area contributed by atoms with Crippen molar-refractivity contribution in [1.82, 2.24) is 0 Å². The van der Waals surface area contributed by atoms with E-state index < -0.39 is 18.9 Å². The fourth-order valence-electron chi connectivity index (χ4n) is 1.32. The number of benzene rings is 1. The van der Waals surface area contributed by atoms with Gasteiger partial charge in [-0.05, 0) is 12.1 Å². The Bertz CT molecular complexity index is 316. The van der Waals surface area contributed by atoms with Crippen molar-refractivity contribution in [3.63, 3.8) is 0 Å². The summed E-state index contributed by atoms with van der Waals surface area (Å²) in [7, 11) is 0. The third-order valence-electron chi connectivity index (χ3n) is 2.12. The maximum Gasteiger partial charge on any atom is 0.161 e. The van der Waals surface area contributed by atoms with Crippen molar-refractivity contribution in [2.24, 2.45) is 0 Å². The molecule has 0 spiro atoms. The molecule has 1 N–H and O–H groups in total. The molecule has 0 fully saturated rings. The predicted octanol–water partition coefficient (Wildman–Crippen LogP) is 1.16. The van der Waals surface area contributed by atoms with Gasteiger partial charge in [0.15, 0.2) is 17.6 Å². The molecule has 1 heterocycles. The standard InChI is InChI=1S/C10H11FO3/c11-5-7(12)10-6-13-8-3-1-2-4-9(8)14-10/h1-4,7,10,12H,5-6H2. The van der Waals surface area contributed by atoms with Gasteiger partial charge in [-0.15, -0.1) is 0 Å². The topological polar surface area (TPSA) is 38.7 Å². The van der Waals surface area contributed by atoms with Crippen LogP contribution in [0.2, 0.25) is 0 Å². The Labute approximate surface area is 81.1 Å². The minimum absolute atomic E-state index is 0.183. The van der Waals surface area contributed by atoms with Gasteiger partial charge in [-0.3, -0.25) is 0 Å². The summed E-state index contributed by atoms with van der Waals surface area (Å²) < 4.78 is 22.8. The highest BCUT2D eigenvalue weighted by Gasteiger charge is 2.27. The second-order valence-electron chi connectivity index (χ2n) is 3.14. The first-order chi connectivity index (χ1) is 6.81. The Morgan fingerprint density at radius 1 is 1.43 bits per heavy atom. The van der Waals surface area contributed by atoms with Gasteiger partial charge in [-0.1, -0.05) is 12.1 Å². The van der Waals surface area contributed by atoms with Gasteiger partial charge in [0.2, 0.25) is 0 Å². The van der Waals surface area contributed by atoms with Crippen molar-refractivity contribution >= 4 is 0 Å². The fourth-order valence-corrected chi connectivity index (χ4v) is 1.32. The highest BCUT2D eigenvalue weighted by atomic mass is 19.1. The van der Waals surface area contributed by atoms with Gasteiger partial charge in [-0.25, -0.2) is 4.39 Å². The Balaban J connectivity index is 2.13. The van der Waals surface area contributed by atoms with Crippen LogP contribution in [0.3, 0.4) is 0 Å². The van der Waals surface area contributed by atoms with E-state index in [0.29, 0.717) is 11.5 Å². The zero-order valence-electron chi connectivity index (χ0n) is 7.52. The molecule has 2 atom stereocenters. The third-order valence-corrected chi connectivity index (χ3v) is 2.12. The molecule has 1 aliphatic heterocycles. The monoisotopic (exact) mass is 198 g/mol. The number of ether oxygens (including phenoxy) is 2. The van der Waals surface area contributed by atoms with E-state index in [0.717, 1.165) is 0 Å². The summed E-state index contributed by atoms with van der Waals surface area (Å²) in [5, 5.41) is 9.23. The minimum Gasteiger partial charge on any atom is -0.486 e. The lowest BCUT2D eigenvalue weighted by molar-refractivity contribution is -0.0202. The largest absolute Gasteiger partial charge is 0.486 e. The zero-order valence-corrected chi connectivity index (χ0v) is 7.52. The number of hydrogen-bond acceptors (Lipinski definition) is 3. The van der Waals surface area contributed by atoms with Gasteiger partial charge in [0, 0.05) is 0 Å². The Morgan fingerprint density at radius 3 is 2.86 bits per heavy atom. The number of rotatable bonds is 2. The fraction of sp³-hybridized carbons (Fsp3) is 0.400. The molecule has 0 radical (unpaired) electrons. The lowest BCUT2D eigenvalue weighted by Gasteiger charge is -2.28. The van der Waals surface area contributed by atoms with E-state index in [9.17, 15) is 9.50 Å². The van der Waals surface area contributed by atoms with Crippen molar-refractivity contribution in [3.8, 4) is 11.5 Å². The molecular weight excluding hydrogens is 187 g/mol. The number of alkyl halides is 1. The van der Waals surface area contributed by atoms with E-state index in [1.807, 2.05) is 6.07 Å². The number of halogens is 1. The molecule has 3 nitrogen and oxygen atoms in total. The minimum atomic E-state index is -1.12. The van der Waals surface area contributed by atoms with Crippen LogP contribution in [0.15, 0.2) is 24.3 Å². The first-order valence-corrected chi connectivity index (χ1v) is 4.44. The predicted molar refractivity (Wildman–Crippen MR) is 48.3 cm³/mol. The lowest BCUT2D eigenvalue weighted by atomic mass is 10.2. The van der Waals surface area contributed by atoms with Gasteiger partial charge in [0.05, 0.1) is 0 Å². The molecule has 1 aromatic rings. The highest BCUT2D eigenvalue weighted by Crippen LogP contribution is 2.31. The smallest absolute Gasteiger partial charge is 0.161 e. The van der Waals surface area contributed by atoms with E-state index in [1.165, 1.54) is 0 Å².